The number of nitrogens with one attached hydrogen (secondary N) is 1. The minimum atomic E-state index is -0.417. The van der Waals surface area contributed by atoms with Gasteiger partial charge < -0.3 is 15.0 Å². The summed E-state index contributed by atoms with van der Waals surface area (Å²) in [6.45, 7) is 10.2. The second kappa shape index (κ2) is 5.26. The molecule has 122 valence electrons. The highest BCUT2D eigenvalue weighted by atomic mass is 16.6. The highest BCUT2D eigenvalue weighted by Crippen LogP contribution is 2.45. The Morgan fingerprint density at radius 3 is 2.55 bits per heavy atom. The van der Waals surface area contributed by atoms with Crippen LogP contribution < -0.4 is 5.32 Å². The molecule has 2 heterocycles. The van der Waals surface area contributed by atoms with E-state index in [1.54, 1.807) is 0 Å². The first kappa shape index (κ1) is 15.3. The molecule has 2 unspecified atom stereocenters. The summed E-state index contributed by atoms with van der Waals surface area (Å²) in [7, 11) is 1.95. The number of fused-ring (bicyclic) bond motifs is 1. The number of aryl methyl sites for hydroxylation is 2. The average molecular weight is 306 g/mol. The van der Waals surface area contributed by atoms with Crippen molar-refractivity contribution in [3.8, 4) is 0 Å². The van der Waals surface area contributed by atoms with Crippen molar-refractivity contribution in [1.82, 2.24) is 20.0 Å². The van der Waals surface area contributed by atoms with Crippen molar-refractivity contribution in [2.75, 3.05) is 13.1 Å². The summed E-state index contributed by atoms with van der Waals surface area (Å²) >= 11 is 0. The van der Waals surface area contributed by atoms with Crippen molar-refractivity contribution in [3.63, 3.8) is 0 Å². The number of carbonyl (C=O) groups excluding carboxylic acids is 1. The van der Waals surface area contributed by atoms with Crippen LogP contribution in [0.4, 0.5) is 4.79 Å². The molecule has 3 rings (SSSR count). The van der Waals surface area contributed by atoms with E-state index in [1.165, 1.54) is 5.56 Å². The summed E-state index contributed by atoms with van der Waals surface area (Å²) in [6, 6.07) is 0.526. The Morgan fingerprint density at radius 1 is 1.41 bits per heavy atom. The lowest BCUT2D eigenvalue weighted by atomic mass is 10.2. The molecular formula is C16H26N4O2. The molecule has 1 saturated carbocycles. The van der Waals surface area contributed by atoms with Crippen molar-refractivity contribution < 1.29 is 9.53 Å². The third-order valence-corrected chi connectivity index (χ3v) is 4.49. The summed E-state index contributed by atoms with van der Waals surface area (Å²) < 4.78 is 7.28. The van der Waals surface area contributed by atoms with Crippen molar-refractivity contribution in [2.45, 2.75) is 45.9 Å². The van der Waals surface area contributed by atoms with E-state index in [9.17, 15) is 4.79 Å². The molecule has 1 aliphatic heterocycles. The Labute approximate surface area is 131 Å². The Hall–Kier alpha value is -1.56. The molecule has 0 aromatic carbocycles. The maximum absolute atomic E-state index is 12.0. The minimum absolute atomic E-state index is 0.179. The average Bonchev–Trinajstić information content (AvgIpc) is 2.72. The van der Waals surface area contributed by atoms with Crippen molar-refractivity contribution >= 4 is 6.09 Å². The molecule has 1 aliphatic carbocycles. The zero-order valence-electron chi connectivity index (χ0n) is 14.1. The predicted octanol–water partition coefficient (Wildman–Crippen LogP) is 1.68. The lowest BCUT2D eigenvalue weighted by Crippen LogP contribution is -2.39. The maximum atomic E-state index is 12.0. The normalized spacial score (nSPS) is 27.0. The van der Waals surface area contributed by atoms with Gasteiger partial charge in [-0.15, -0.1) is 0 Å². The number of piperidine rings is 1. The summed E-state index contributed by atoms with van der Waals surface area (Å²) in [4.78, 5) is 13.9. The monoisotopic (exact) mass is 306 g/mol. The van der Waals surface area contributed by atoms with Crippen LogP contribution in [0.3, 0.4) is 0 Å². The number of likely N-dealkylation sites (tertiary alicyclic amines) is 1. The van der Waals surface area contributed by atoms with Crippen LogP contribution in [-0.4, -0.2) is 45.5 Å². The predicted molar refractivity (Wildman–Crippen MR) is 83.4 cm³/mol. The van der Waals surface area contributed by atoms with Gasteiger partial charge in [-0.2, -0.15) is 5.10 Å². The van der Waals surface area contributed by atoms with Gasteiger partial charge in [-0.25, -0.2) is 4.79 Å². The van der Waals surface area contributed by atoms with Gasteiger partial charge in [0.05, 0.1) is 5.69 Å². The summed E-state index contributed by atoms with van der Waals surface area (Å²) in [5.74, 6) is 1.15. The van der Waals surface area contributed by atoms with Crippen LogP contribution in [-0.2, 0) is 18.3 Å². The first-order valence-corrected chi connectivity index (χ1v) is 7.95. The molecule has 0 spiro atoms. The number of aromatic nitrogens is 2. The smallest absolute Gasteiger partial charge is 0.410 e. The molecule has 1 saturated heterocycles. The lowest BCUT2D eigenvalue weighted by molar-refractivity contribution is 0.0269. The van der Waals surface area contributed by atoms with Crippen LogP contribution in [0.15, 0.2) is 6.20 Å². The van der Waals surface area contributed by atoms with Crippen LogP contribution in [0.1, 0.15) is 32.0 Å². The number of amides is 1. The zero-order valence-corrected chi connectivity index (χ0v) is 14.1. The Balaban J connectivity index is 1.45. The number of hydrogen-bond acceptors (Lipinski definition) is 4. The zero-order chi connectivity index (χ0) is 16.1. The highest BCUT2D eigenvalue weighted by Gasteiger charge is 2.56. The van der Waals surface area contributed by atoms with E-state index in [0.29, 0.717) is 17.9 Å². The molecule has 6 heteroatoms. The van der Waals surface area contributed by atoms with E-state index in [2.05, 4.69) is 16.6 Å². The fraction of sp³-hybridized carbons (Fsp3) is 0.750. The van der Waals surface area contributed by atoms with Crippen molar-refractivity contribution in [3.05, 3.63) is 17.5 Å². The summed E-state index contributed by atoms with van der Waals surface area (Å²) in [5, 5.41) is 7.96. The van der Waals surface area contributed by atoms with Crippen molar-refractivity contribution in [1.29, 1.82) is 0 Å². The molecule has 2 aliphatic rings. The van der Waals surface area contributed by atoms with Gasteiger partial charge in [-0.05, 0) is 39.5 Å². The largest absolute Gasteiger partial charge is 0.444 e. The fourth-order valence-electron chi connectivity index (χ4n) is 3.35. The molecule has 0 radical (unpaired) electrons. The molecule has 0 bridgehead atoms. The van der Waals surface area contributed by atoms with Gasteiger partial charge in [0.2, 0.25) is 0 Å². The van der Waals surface area contributed by atoms with Crippen LogP contribution >= 0.6 is 0 Å². The van der Waals surface area contributed by atoms with Gasteiger partial charge in [0, 0.05) is 44.5 Å². The lowest BCUT2D eigenvalue weighted by Gasteiger charge is -2.26. The van der Waals surface area contributed by atoms with Gasteiger partial charge in [0.1, 0.15) is 5.60 Å². The van der Waals surface area contributed by atoms with Crippen molar-refractivity contribution in [2.24, 2.45) is 18.9 Å². The van der Waals surface area contributed by atoms with Gasteiger partial charge in [0.25, 0.3) is 0 Å². The van der Waals surface area contributed by atoms with E-state index >= 15 is 0 Å². The van der Waals surface area contributed by atoms with Crippen LogP contribution in [0.5, 0.6) is 0 Å². The minimum Gasteiger partial charge on any atom is -0.444 e. The Morgan fingerprint density at radius 2 is 2.05 bits per heavy atom. The van der Waals surface area contributed by atoms with E-state index in [0.717, 1.165) is 25.3 Å². The second-order valence-corrected chi connectivity index (χ2v) is 7.53. The van der Waals surface area contributed by atoms with E-state index in [4.69, 9.17) is 4.74 Å². The molecule has 1 N–H and O–H groups in total. The number of carbonyl (C=O) groups is 1. The Kier molecular flexibility index (Phi) is 3.67. The van der Waals surface area contributed by atoms with E-state index in [-0.39, 0.29) is 6.09 Å². The number of rotatable bonds is 3. The quantitative estimate of drug-likeness (QED) is 0.923. The molecule has 6 nitrogen and oxygen atoms in total. The number of nitrogens with zero attached hydrogens (tertiary/aromatic N) is 3. The van der Waals surface area contributed by atoms with E-state index < -0.39 is 5.60 Å². The number of hydrogen-bond donors (Lipinski definition) is 1. The molecule has 1 aromatic heterocycles. The topological polar surface area (TPSA) is 59.4 Å². The molecule has 22 heavy (non-hydrogen) atoms. The first-order valence-electron chi connectivity index (χ1n) is 7.95. The molecule has 1 amide bonds. The second-order valence-electron chi connectivity index (χ2n) is 7.53. The molecule has 2 fully saturated rings. The van der Waals surface area contributed by atoms with Gasteiger partial charge in [-0.3, -0.25) is 4.68 Å². The van der Waals surface area contributed by atoms with Crippen LogP contribution in [0.25, 0.3) is 0 Å². The maximum Gasteiger partial charge on any atom is 0.410 e. The standard InChI is InChI=1S/C16H26N4O2/c1-10-11(7-19(5)18-10)6-17-14-12-8-20(9-13(12)14)15(21)22-16(2,3)4/h7,12-14,17H,6,8-9H2,1-5H3. The third kappa shape index (κ3) is 3.11. The molecule has 1 aromatic rings. The molecular weight excluding hydrogens is 280 g/mol. The van der Waals surface area contributed by atoms with Crippen LogP contribution in [0.2, 0.25) is 0 Å². The van der Waals surface area contributed by atoms with E-state index in [1.807, 2.05) is 44.3 Å². The summed E-state index contributed by atoms with van der Waals surface area (Å²) in [6.07, 6.45) is 1.88. The Bertz CT molecular complexity index is 563. The van der Waals surface area contributed by atoms with Gasteiger partial charge in [-0.1, -0.05) is 0 Å². The van der Waals surface area contributed by atoms with Gasteiger partial charge >= 0.3 is 6.09 Å². The number of ether oxygens (including phenoxy) is 1. The summed E-state index contributed by atoms with van der Waals surface area (Å²) in [5.41, 5.74) is 1.91. The van der Waals surface area contributed by atoms with Gasteiger partial charge in [0.15, 0.2) is 0 Å². The SMILES string of the molecule is Cc1nn(C)cc1CNC1C2CN(C(=O)OC(C)(C)C)CC21. The third-order valence-electron chi connectivity index (χ3n) is 4.49. The fourth-order valence-corrected chi connectivity index (χ4v) is 3.35. The highest BCUT2D eigenvalue weighted by molar-refractivity contribution is 5.69. The first-order chi connectivity index (χ1) is 10.2. The van der Waals surface area contributed by atoms with Crippen LogP contribution in [0, 0.1) is 18.8 Å². The molecule has 2 atom stereocenters.